The van der Waals surface area contributed by atoms with Crippen molar-refractivity contribution in [2.75, 3.05) is 13.7 Å². The summed E-state index contributed by atoms with van der Waals surface area (Å²) in [5.41, 5.74) is -0.217. The minimum absolute atomic E-state index is 0.0738. The Balaban J connectivity index is 2.28. The highest BCUT2D eigenvalue weighted by Gasteiger charge is 2.40. The van der Waals surface area contributed by atoms with Crippen molar-refractivity contribution in [3.8, 4) is 0 Å². The largest absolute Gasteiger partial charge is 0.480 e. The van der Waals surface area contributed by atoms with Crippen LogP contribution in [0.1, 0.15) is 16.8 Å². The second kappa shape index (κ2) is 5.54. The zero-order chi connectivity index (χ0) is 14.9. The average Bonchev–Trinajstić information content (AvgIpc) is 2.81. The van der Waals surface area contributed by atoms with Crippen LogP contribution in [0, 0.1) is 11.6 Å². The third-order valence-electron chi connectivity index (χ3n) is 3.25. The molecule has 1 N–H and O–H groups in total. The lowest BCUT2D eigenvalue weighted by molar-refractivity contribution is -0.141. The molecule has 1 aliphatic heterocycles. The third-order valence-corrected chi connectivity index (χ3v) is 3.25. The van der Waals surface area contributed by atoms with E-state index < -0.39 is 35.7 Å². The zero-order valence-electron chi connectivity index (χ0n) is 10.7. The summed E-state index contributed by atoms with van der Waals surface area (Å²) < 4.78 is 31.3. The molecule has 1 heterocycles. The maximum Gasteiger partial charge on any atom is 0.326 e. The number of carboxylic acids is 1. The van der Waals surface area contributed by atoms with Gasteiger partial charge in [-0.3, -0.25) is 4.79 Å². The van der Waals surface area contributed by atoms with E-state index in [0.717, 1.165) is 17.0 Å². The lowest BCUT2D eigenvalue weighted by Gasteiger charge is -2.21. The van der Waals surface area contributed by atoms with E-state index in [2.05, 4.69) is 0 Å². The molecule has 20 heavy (non-hydrogen) atoms. The molecule has 0 spiro atoms. The normalized spacial score (nSPS) is 22.1. The monoisotopic (exact) mass is 285 g/mol. The molecule has 1 saturated heterocycles. The molecule has 1 aliphatic rings. The van der Waals surface area contributed by atoms with Gasteiger partial charge in [0.2, 0.25) is 0 Å². The van der Waals surface area contributed by atoms with Gasteiger partial charge in [-0.2, -0.15) is 0 Å². The van der Waals surface area contributed by atoms with Gasteiger partial charge < -0.3 is 14.7 Å². The number of hydrogen-bond acceptors (Lipinski definition) is 3. The molecule has 2 unspecified atom stereocenters. The molecule has 1 amide bonds. The Kier molecular flexibility index (Phi) is 3.99. The van der Waals surface area contributed by atoms with E-state index in [4.69, 9.17) is 9.84 Å². The molecule has 108 valence electrons. The predicted molar refractivity (Wildman–Crippen MR) is 64.2 cm³/mol. The molecule has 0 saturated carbocycles. The quantitative estimate of drug-likeness (QED) is 0.908. The van der Waals surface area contributed by atoms with Crippen LogP contribution in [0.2, 0.25) is 0 Å². The number of halogens is 2. The first kappa shape index (κ1) is 14.4. The van der Waals surface area contributed by atoms with Crippen LogP contribution in [0.4, 0.5) is 8.78 Å². The van der Waals surface area contributed by atoms with E-state index in [9.17, 15) is 18.4 Å². The van der Waals surface area contributed by atoms with Gasteiger partial charge in [0.15, 0.2) is 0 Å². The number of carbonyl (C=O) groups excluding carboxylic acids is 1. The van der Waals surface area contributed by atoms with E-state index >= 15 is 0 Å². The van der Waals surface area contributed by atoms with Crippen LogP contribution in [0.25, 0.3) is 0 Å². The maximum atomic E-state index is 13.1. The molecule has 0 aromatic heterocycles. The average molecular weight is 285 g/mol. The summed E-state index contributed by atoms with van der Waals surface area (Å²) in [5.74, 6) is -3.67. The molecule has 5 nitrogen and oxygen atoms in total. The van der Waals surface area contributed by atoms with E-state index in [1.807, 2.05) is 0 Å². The molecule has 1 fully saturated rings. The summed E-state index contributed by atoms with van der Waals surface area (Å²) >= 11 is 0. The van der Waals surface area contributed by atoms with Gasteiger partial charge in [0.05, 0.1) is 6.10 Å². The van der Waals surface area contributed by atoms with Crippen LogP contribution < -0.4 is 0 Å². The van der Waals surface area contributed by atoms with Crippen molar-refractivity contribution in [3.05, 3.63) is 35.4 Å². The molecule has 2 rings (SSSR count). The fraction of sp³-hybridized carbons (Fsp3) is 0.385. The SMILES string of the molecule is COC1CC(C(=O)O)N(C(=O)c2cc(F)cc(F)c2)C1. The standard InChI is InChI=1S/C13H13F2NO4/c1-20-10-5-11(13(18)19)16(6-10)12(17)7-2-8(14)4-9(15)3-7/h2-4,10-11H,5-6H2,1H3,(H,18,19). The summed E-state index contributed by atoms with van der Waals surface area (Å²) in [6.07, 6.45) is -0.256. The van der Waals surface area contributed by atoms with Crippen LogP contribution >= 0.6 is 0 Å². The molecule has 1 aromatic rings. The van der Waals surface area contributed by atoms with E-state index in [1.165, 1.54) is 7.11 Å². The maximum absolute atomic E-state index is 13.1. The summed E-state index contributed by atoms with van der Waals surface area (Å²) in [6.45, 7) is 0.0738. The van der Waals surface area contributed by atoms with Crippen LogP contribution in [-0.4, -0.2) is 47.7 Å². The number of amides is 1. The summed E-state index contributed by atoms with van der Waals surface area (Å²) in [4.78, 5) is 24.4. The molecule has 0 aliphatic carbocycles. The first-order chi connectivity index (χ1) is 9.42. The molecular weight excluding hydrogens is 272 g/mol. The topological polar surface area (TPSA) is 66.8 Å². The van der Waals surface area contributed by atoms with Crippen molar-refractivity contribution in [1.82, 2.24) is 4.90 Å². The molecule has 0 radical (unpaired) electrons. The number of benzene rings is 1. The second-order valence-electron chi connectivity index (χ2n) is 4.56. The van der Waals surface area contributed by atoms with Gasteiger partial charge >= 0.3 is 5.97 Å². The van der Waals surface area contributed by atoms with Gasteiger partial charge in [-0.05, 0) is 12.1 Å². The van der Waals surface area contributed by atoms with Crippen LogP contribution in [0.3, 0.4) is 0 Å². The van der Waals surface area contributed by atoms with Crippen molar-refractivity contribution in [1.29, 1.82) is 0 Å². The molecule has 0 bridgehead atoms. The van der Waals surface area contributed by atoms with Crippen LogP contribution in [-0.2, 0) is 9.53 Å². The fourth-order valence-electron chi connectivity index (χ4n) is 2.27. The van der Waals surface area contributed by atoms with Crippen molar-refractivity contribution in [2.24, 2.45) is 0 Å². The molecule has 2 atom stereocenters. The molecule has 1 aromatic carbocycles. The van der Waals surface area contributed by atoms with Gasteiger partial charge in [0, 0.05) is 31.7 Å². The number of carboxylic acid groups (broad SMARTS) is 1. The van der Waals surface area contributed by atoms with Crippen molar-refractivity contribution in [2.45, 2.75) is 18.6 Å². The number of likely N-dealkylation sites (tertiary alicyclic amines) is 1. The summed E-state index contributed by atoms with van der Waals surface area (Å²) in [6, 6.07) is 1.35. The Morgan fingerprint density at radius 2 is 1.90 bits per heavy atom. The van der Waals surface area contributed by atoms with E-state index in [1.54, 1.807) is 0 Å². The highest BCUT2D eigenvalue weighted by molar-refractivity contribution is 5.97. The number of rotatable bonds is 3. The number of hydrogen-bond donors (Lipinski definition) is 1. The van der Waals surface area contributed by atoms with Crippen molar-refractivity contribution >= 4 is 11.9 Å². The highest BCUT2D eigenvalue weighted by atomic mass is 19.1. The number of methoxy groups -OCH3 is 1. The zero-order valence-corrected chi connectivity index (χ0v) is 10.7. The highest BCUT2D eigenvalue weighted by Crippen LogP contribution is 2.23. The Hall–Kier alpha value is -2.02. The Morgan fingerprint density at radius 3 is 2.40 bits per heavy atom. The van der Waals surface area contributed by atoms with Gasteiger partial charge in [-0.15, -0.1) is 0 Å². The van der Waals surface area contributed by atoms with Crippen LogP contribution in [0.5, 0.6) is 0 Å². The number of carbonyl (C=O) groups is 2. The third kappa shape index (κ3) is 2.77. The van der Waals surface area contributed by atoms with Gasteiger partial charge in [-0.25, -0.2) is 13.6 Å². The van der Waals surface area contributed by atoms with Gasteiger partial charge in [-0.1, -0.05) is 0 Å². The lowest BCUT2D eigenvalue weighted by atomic mass is 10.1. The summed E-state index contributed by atoms with van der Waals surface area (Å²) in [7, 11) is 1.42. The summed E-state index contributed by atoms with van der Waals surface area (Å²) in [5, 5.41) is 9.10. The fourth-order valence-corrected chi connectivity index (χ4v) is 2.27. The Morgan fingerprint density at radius 1 is 1.30 bits per heavy atom. The molecule has 7 heteroatoms. The van der Waals surface area contributed by atoms with E-state index in [-0.39, 0.29) is 18.5 Å². The second-order valence-corrected chi connectivity index (χ2v) is 4.56. The van der Waals surface area contributed by atoms with Gasteiger partial charge in [0.1, 0.15) is 17.7 Å². The number of ether oxygens (including phenoxy) is 1. The lowest BCUT2D eigenvalue weighted by Crippen LogP contribution is -2.40. The Bertz CT molecular complexity index is 529. The van der Waals surface area contributed by atoms with Crippen molar-refractivity contribution < 1.29 is 28.2 Å². The number of aliphatic carboxylic acids is 1. The Labute approximate surface area is 113 Å². The van der Waals surface area contributed by atoms with Crippen LogP contribution in [0.15, 0.2) is 18.2 Å². The predicted octanol–water partition coefficient (Wildman–Crippen LogP) is 1.28. The smallest absolute Gasteiger partial charge is 0.326 e. The minimum Gasteiger partial charge on any atom is -0.480 e. The first-order valence-corrected chi connectivity index (χ1v) is 5.95. The van der Waals surface area contributed by atoms with Crippen molar-refractivity contribution in [3.63, 3.8) is 0 Å². The number of nitrogens with zero attached hydrogens (tertiary/aromatic N) is 1. The first-order valence-electron chi connectivity index (χ1n) is 5.95. The van der Waals surface area contributed by atoms with Gasteiger partial charge in [0.25, 0.3) is 5.91 Å². The molecular formula is C13H13F2NO4. The van der Waals surface area contributed by atoms with E-state index in [0.29, 0.717) is 6.07 Å². The minimum atomic E-state index is -1.17.